The third-order valence-corrected chi connectivity index (χ3v) is 5.02. The van der Waals surface area contributed by atoms with Gasteiger partial charge in [0.15, 0.2) is 5.76 Å². The molecule has 0 aliphatic heterocycles. The molecule has 0 radical (unpaired) electrons. The van der Waals surface area contributed by atoms with Gasteiger partial charge in [0, 0.05) is 31.0 Å². The average molecular weight is 481 g/mol. The molecule has 1 heterocycles. The smallest absolute Gasteiger partial charge is 0.308 e. The van der Waals surface area contributed by atoms with Crippen LogP contribution in [0, 0.1) is 0 Å². The zero-order valence-corrected chi connectivity index (χ0v) is 20.6. The topological polar surface area (TPSA) is 101 Å². The molecule has 184 valence electrons. The Morgan fingerprint density at radius 1 is 0.971 bits per heavy atom. The van der Waals surface area contributed by atoms with E-state index in [1.807, 2.05) is 19.9 Å². The van der Waals surface area contributed by atoms with E-state index < -0.39 is 17.4 Å². The van der Waals surface area contributed by atoms with E-state index in [9.17, 15) is 14.4 Å². The number of carbonyl (C=O) groups is 2. The summed E-state index contributed by atoms with van der Waals surface area (Å²) in [6.45, 7) is 8.35. The number of rotatable bonds is 8. The Morgan fingerprint density at radius 2 is 1.63 bits per heavy atom. The first kappa shape index (κ1) is 25.6. The highest BCUT2D eigenvalue weighted by atomic mass is 16.5. The number of fused-ring (bicyclic) bond motifs is 1. The van der Waals surface area contributed by atoms with Crippen LogP contribution in [0.15, 0.2) is 51.2 Å². The van der Waals surface area contributed by atoms with E-state index >= 15 is 0 Å². The van der Waals surface area contributed by atoms with Crippen LogP contribution in [0.4, 0.5) is 0 Å². The van der Waals surface area contributed by atoms with Gasteiger partial charge in [-0.2, -0.15) is 0 Å². The SMILES string of the molecule is CCOc1cc(OC(C)=O)c(CC=C(C)C)c2oc(-c3ccc(OC)cc3)c(OC(C)=O)c(=O)c12. The average Bonchev–Trinajstić information content (AvgIpc) is 2.79. The molecule has 0 fully saturated rings. The first-order valence-electron chi connectivity index (χ1n) is 11.1. The highest BCUT2D eigenvalue weighted by Crippen LogP contribution is 2.40. The Morgan fingerprint density at radius 3 is 2.17 bits per heavy atom. The van der Waals surface area contributed by atoms with E-state index in [0.717, 1.165) is 5.57 Å². The van der Waals surface area contributed by atoms with Crippen molar-refractivity contribution in [1.29, 1.82) is 0 Å². The van der Waals surface area contributed by atoms with E-state index in [4.69, 9.17) is 23.4 Å². The second-order valence-corrected chi connectivity index (χ2v) is 7.98. The first-order valence-corrected chi connectivity index (χ1v) is 11.1. The molecule has 3 rings (SSSR count). The van der Waals surface area contributed by atoms with Crippen LogP contribution in [0.5, 0.6) is 23.0 Å². The Bertz CT molecular complexity index is 1340. The van der Waals surface area contributed by atoms with E-state index in [-0.39, 0.29) is 40.6 Å². The Kier molecular flexibility index (Phi) is 7.96. The quantitative estimate of drug-likeness (QED) is 0.245. The maximum Gasteiger partial charge on any atom is 0.308 e. The van der Waals surface area contributed by atoms with Crippen molar-refractivity contribution in [3.63, 3.8) is 0 Å². The minimum atomic E-state index is -0.675. The first-order chi connectivity index (χ1) is 16.7. The third kappa shape index (κ3) is 5.71. The second kappa shape index (κ2) is 10.9. The third-order valence-electron chi connectivity index (χ3n) is 5.02. The summed E-state index contributed by atoms with van der Waals surface area (Å²) in [6.07, 6.45) is 2.25. The molecule has 1 aromatic heterocycles. The summed E-state index contributed by atoms with van der Waals surface area (Å²) in [5, 5.41) is 0.0911. The number of hydrogen-bond acceptors (Lipinski definition) is 8. The minimum Gasteiger partial charge on any atom is -0.497 e. The molecule has 3 aromatic rings. The van der Waals surface area contributed by atoms with E-state index in [1.165, 1.54) is 27.0 Å². The molecule has 0 atom stereocenters. The zero-order chi connectivity index (χ0) is 25.7. The predicted molar refractivity (Wildman–Crippen MR) is 131 cm³/mol. The van der Waals surface area contributed by atoms with Crippen LogP contribution >= 0.6 is 0 Å². The molecular formula is C27H28O8. The maximum atomic E-state index is 13.7. The van der Waals surface area contributed by atoms with Crippen LogP contribution in [-0.4, -0.2) is 25.7 Å². The predicted octanol–water partition coefficient (Wildman–Crippen LogP) is 5.23. The summed E-state index contributed by atoms with van der Waals surface area (Å²) in [7, 11) is 1.54. The van der Waals surface area contributed by atoms with Crippen molar-refractivity contribution in [3.8, 4) is 34.3 Å². The van der Waals surface area contributed by atoms with Gasteiger partial charge < -0.3 is 23.4 Å². The highest BCUT2D eigenvalue weighted by molar-refractivity contribution is 5.93. The van der Waals surface area contributed by atoms with Gasteiger partial charge in [0.25, 0.3) is 0 Å². The summed E-state index contributed by atoms with van der Waals surface area (Å²) < 4.78 is 28.0. The largest absolute Gasteiger partial charge is 0.497 e. The number of carbonyl (C=O) groups excluding carboxylic acids is 2. The number of esters is 2. The number of ether oxygens (including phenoxy) is 4. The molecule has 0 spiro atoms. The van der Waals surface area contributed by atoms with E-state index in [2.05, 4.69) is 0 Å². The Balaban J connectivity index is 2.48. The summed E-state index contributed by atoms with van der Waals surface area (Å²) in [5.41, 5.74) is 1.60. The van der Waals surface area contributed by atoms with Crippen LogP contribution in [0.1, 0.15) is 40.2 Å². The molecule has 0 aliphatic carbocycles. The number of hydrogen-bond donors (Lipinski definition) is 0. The highest BCUT2D eigenvalue weighted by Gasteiger charge is 2.26. The molecule has 0 unspecified atom stereocenters. The van der Waals surface area contributed by atoms with Gasteiger partial charge in [-0.3, -0.25) is 14.4 Å². The summed E-state index contributed by atoms with van der Waals surface area (Å²) in [4.78, 5) is 37.5. The molecule has 0 bridgehead atoms. The summed E-state index contributed by atoms with van der Waals surface area (Å²) in [5.74, 6) is -0.431. The van der Waals surface area contributed by atoms with Crippen LogP contribution in [0.25, 0.3) is 22.3 Å². The minimum absolute atomic E-state index is 0.0567. The lowest BCUT2D eigenvalue weighted by Crippen LogP contribution is -2.15. The van der Waals surface area contributed by atoms with Crippen molar-refractivity contribution >= 4 is 22.9 Å². The lowest BCUT2D eigenvalue weighted by Gasteiger charge is -2.17. The monoisotopic (exact) mass is 480 g/mol. The lowest BCUT2D eigenvalue weighted by atomic mass is 10.0. The van der Waals surface area contributed by atoms with Gasteiger partial charge in [-0.25, -0.2) is 0 Å². The van der Waals surface area contributed by atoms with Crippen molar-refractivity contribution in [1.82, 2.24) is 0 Å². The molecule has 0 amide bonds. The fraction of sp³-hybridized carbons (Fsp3) is 0.296. The lowest BCUT2D eigenvalue weighted by molar-refractivity contribution is -0.132. The molecule has 0 aliphatic rings. The molecule has 8 nitrogen and oxygen atoms in total. The van der Waals surface area contributed by atoms with Gasteiger partial charge in [-0.15, -0.1) is 0 Å². The van der Waals surface area contributed by atoms with Crippen LogP contribution in [0.3, 0.4) is 0 Å². The number of allylic oxidation sites excluding steroid dienone is 2. The molecule has 0 N–H and O–H groups in total. The fourth-order valence-electron chi connectivity index (χ4n) is 3.53. The van der Waals surface area contributed by atoms with Crippen molar-refractivity contribution in [2.75, 3.05) is 13.7 Å². The maximum absolute atomic E-state index is 13.7. The summed E-state index contributed by atoms with van der Waals surface area (Å²) >= 11 is 0. The Labute approximate surface area is 203 Å². The molecule has 0 saturated carbocycles. The van der Waals surface area contributed by atoms with Gasteiger partial charge in [0.05, 0.1) is 13.7 Å². The summed E-state index contributed by atoms with van der Waals surface area (Å²) in [6, 6.07) is 8.25. The van der Waals surface area contributed by atoms with Crippen LogP contribution < -0.4 is 24.4 Å². The molecular weight excluding hydrogens is 452 g/mol. The van der Waals surface area contributed by atoms with Gasteiger partial charge in [-0.1, -0.05) is 11.6 Å². The normalized spacial score (nSPS) is 10.6. The number of methoxy groups -OCH3 is 1. The van der Waals surface area contributed by atoms with Crippen molar-refractivity contribution in [2.45, 2.75) is 41.0 Å². The number of benzene rings is 2. The van der Waals surface area contributed by atoms with Crippen LogP contribution in [0.2, 0.25) is 0 Å². The van der Waals surface area contributed by atoms with Gasteiger partial charge >= 0.3 is 11.9 Å². The molecule has 35 heavy (non-hydrogen) atoms. The van der Waals surface area contributed by atoms with Crippen molar-refractivity contribution in [2.24, 2.45) is 0 Å². The Hall–Kier alpha value is -4.07. The standard InChI is InChI=1S/C27H28O8/c1-7-32-22-14-21(33-16(4)28)20(13-8-15(2)3)26-23(22)24(30)27(34-17(5)29)25(35-26)18-9-11-19(31-6)12-10-18/h8-12,14H,7,13H2,1-6H3. The molecule has 8 heteroatoms. The molecule has 0 saturated heterocycles. The van der Waals surface area contributed by atoms with Crippen molar-refractivity contribution < 1.29 is 33.0 Å². The van der Waals surface area contributed by atoms with E-state index in [1.54, 1.807) is 31.2 Å². The van der Waals surface area contributed by atoms with E-state index in [0.29, 0.717) is 23.3 Å². The zero-order valence-electron chi connectivity index (χ0n) is 20.6. The van der Waals surface area contributed by atoms with Crippen LogP contribution in [-0.2, 0) is 16.0 Å². The van der Waals surface area contributed by atoms with Gasteiger partial charge in [-0.05, 0) is 51.5 Å². The van der Waals surface area contributed by atoms with Gasteiger partial charge in [0.1, 0.15) is 28.2 Å². The van der Waals surface area contributed by atoms with Crippen molar-refractivity contribution in [3.05, 3.63) is 57.8 Å². The van der Waals surface area contributed by atoms with Gasteiger partial charge in [0.2, 0.25) is 11.2 Å². The second-order valence-electron chi connectivity index (χ2n) is 7.98. The molecule has 2 aromatic carbocycles. The fourth-order valence-corrected chi connectivity index (χ4v) is 3.53.